The third kappa shape index (κ3) is 3.17. The Morgan fingerprint density at radius 3 is 2.71 bits per heavy atom. The summed E-state index contributed by atoms with van der Waals surface area (Å²) in [4.78, 5) is 2.14. The van der Waals surface area contributed by atoms with Crippen LogP contribution in [0.3, 0.4) is 0 Å². The van der Waals surface area contributed by atoms with Gasteiger partial charge in [0.25, 0.3) is 0 Å². The molecule has 1 aliphatic carbocycles. The first-order chi connectivity index (χ1) is 8.10. The van der Waals surface area contributed by atoms with Crippen molar-refractivity contribution in [1.82, 2.24) is 4.90 Å². The molecule has 94 valence electrons. The molecule has 3 N–H and O–H groups in total. The fourth-order valence-corrected chi connectivity index (χ4v) is 2.34. The number of phenols is 1. The second kappa shape index (κ2) is 5.02. The van der Waals surface area contributed by atoms with E-state index in [0.717, 1.165) is 11.6 Å². The molecular formula is C13H19FN2O. The third-order valence-corrected chi connectivity index (χ3v) is 3.35. The lowest BCUT2D eigenvalue weighted by atomic mass is 10.1. The Morgan fingerprint density at radius 2 is 2.18 bits per heavy atom. The molecule has 1 saturated carbocycles. The summed E-state index contributed by atoms with van der Waals surface area (Å²) < 4.78 is 13.1. The first-order valence-electron chi connectivity index (χ1n) is 5.99. The van der Waals surface area contributed by atoms with E-state index in [9.17, 15) is 9.50 Å². The van der Waals surface area contributed by atoms with Crippen molar-refractivity contribution in [1.29, 1.82) is 0 Å². The van der Waals surface area contributed by atoms with E-state index >= 15 is 0 Å². The summed E-state index contributed by atoms with van der Waals surface area (Å²) in [6.07, 6.45) is 2.47. The average Bonchev–Trinajstić information content (AvgIpc) is 3.01. The van der Waals surface area contributed by atoms with Crippen LogP contribution < -0.4 is 5.73 Å². The Kier molecular flexibility index (Phi) is 3.64. The maximum atomic E-state index is 13.1. The topological polar surface area (TPSA) is 49.5 Å². The van der Waals surface area contributed by atoms with E-state index in [1.807, 2.05) is 7.05 Å². The molecule has 1 aliphatic rings. The van der Waals surface area contributed by atoms with Crippen LogP contribution in [0.5, 0.6) is 5.75 Å². The first-order valence-corrected chi connectivity index (χ1v) is 5.99. The second-order valence-electron chi connectivity index (χ2n) is 4.87. The smallest absolute Gasteiger partial charge is 0.127 e. The van der Waals surface area contributed by atoms with E-state index in [-0.39, 0.29) is 5.75 Å². The van der Waals surface area contributed by atoms with Gasteiger partial charge in [0.15, 0.2) is 0 Å². The standard InChI is InChI=1S/C13H19FN2O/c1-16(13(7-15)10-2-3-10)8-9-4-11(14)6-12(17)5-9/h4-6,10,13,17H,2-3,7-8,15H2,1H3. The molecule has 0 radical (unpaired) electrons. The molecule has 17 heavy (non-hydrogen) atoms. The number of nitrogens with zero attached hydrogens (tertiary/aromatic N) is 1. The Labute approximate surface area is 101 Å². The molecular weight excluding hydrogens is 219 g/mol. The number of nitrogens with two attached hydrogens (primary N) is 1. The van der Waals surface area contributed by atoms with Crippen LogP contribution in [0.25, 0.3) is 0 Å². The van der Waals surface area contributed by atoms with Crippen molar-refractivity contribution in [2.75, 3.05) is 13.6 Å². The van der Waals surface area contributed by atoms with Crippen molar-refractivity contribution in [2.24, 2.45) is 11.7 Å². The largest absolute Gasteiger partial charge is 0.508 e. The van der Waals surface area contributed by atoms with Crippen LogP contribution in [0.4, 0.5) is 4.39 Å². The minimum atomic E-state index is -0.399. The lowest BCUT2D eigenvalue weighted by Crippen LogP contribution is -2.39. The highest BCUT2D eigenvalue weighted by atomic mass is 19.1. The van der Waals surface area contributed by atoms with Gasteiger partial charge in [0.1, 0.15) is 11.6 Å². The van der Waals surface area contributed by atoms with Crippen LogP contribution in [0, 0.1) is 11.7 Å². The average molecular weight is 238 g/mol. The highest BCUT2D eigenvalue weighted by Crippen LogP contribution is 2.35. The molecule has 2 rings (SSSR count). The summed E-state index contributed by atoms with van der Waals surface area (Å²) in [6, 6.07) is 4.53. The van der Waals surface area contributed by atoms with Crippen molar-refractivity contribution in [3.63, 3.8) is 0 Å². The summed E-state index contributed by atoms with van der Waals surface area (Å²) in [5, 5.41) is 9.34. The van der Waals surface area contributed by atoms with Gasteiger partial charge in [0, 0.05) is 25.2 Å². The fraction of sp³-hybridized carbons (Fsp3) is 0.538. The lowest BCUT2D eigenvalue weighted by molar-refractivity contribution is 0.215. The number of hydrogen-bond donors (Lipinski definition) is 2. The normalized spacial score (nSPS) is 17.4. The van der Waals surface area contributed by atoms with Gasteiger partial charge in [-0.25, -0.2) is 4.39 Å². The van der Waals surface area contributed by atoms with Gasteiger partial charge in [-0.05, 0) is 43.5 Å². The molecule has 0 saturated heterocycles. The zero-order valence-electron chi connectivity index (χ0n) is 10.1. The Morgan fingerprint density at radius 1 is 1.47 bits per heavy atom. The van der Waals surface area contributed by atoms with Crippen molar-refractivity contribution in [2.45, 2.75) is 25.4 Å². The molecule has 0 spiro atoms. The van der Waals surface area contributed by atoms with Gasteiger partial charge in [0.05, 0.1) is 0 Å². The van der Waals surface area contributed by atoms with E-state index in [1.165, 1.54) is 18.9 Å². The number of rotatable bonds is 5. The van der Waals surface area contributed by atoms with E-state index in [2.05, 4.69) is 4.90 Å². The van der Waals surface area contributed by atoms with Gasteiger partial charge in [-0.1, -0.05) is 0 Å². The van der Waals surface area contributed by atoms with Gasteiger partial charge in [-0.15, -0.1) is 0 Å². The van der Waals surface area contributed by atoms with Gasteiger partial charge in [-0.2, -0.15) is 0 Å². The van der Waals surface area contributed by atoms with Crippen LogP contribution in [0.2, 0.25) is 0 Å². The van der Waals surface area contributed by atoms with Crippen molar-refractivity contribution in [3.05, 3.63) is 29.6 Å². The van der Waals surface area contributed by atoms with E-state index in [1.54, 1.807) is 6.07 Å². The number of likely N-dealkylation sites (N-methyl/N-ethyl adjacent to an activating group) is 1. The Hall–Kier alpha value is -1.13. The van der Waals surface area contributed by atoms with E-state index in [4.69, 9.17) is 5.73 Å². The summed E-state index contributed by atoms with van der Waals surface area (Å²) >= 11 is 0. The number of aromatic hydroxyl groups is 1. The quantitative estimate of drug-likeness (QED) is 0.821. The highest BCUT2D eigenvalue weighted by Gasteiger charge is 2.32. The predicted molar refractivity (Wildman–Crippen MR) is 65.1 cm³/mol. The van der Waals surface area contributed by atoms with Gasteiger partial charge < -0.3 is 10.8 Å². The SMILES string of the molecule is CN(Cc1cc(O)cc(F)c1)C(CN)C1CC1. The molecule has 4 heteroatoms. The first kappa shape index (κ1) is 12.3. The monoisotopic (exact) mass is 238 g/mol. The van der Waals surface area contributed by atoms with Gasteiger partial charge >= 0.3 is 0 Å². The summed E-state index contributed by atoms with van der Waals surface area (Å²) in [5.74, 6) is 0.264. The summed E-state index contributed by atoms with van der Waals surface area (Å²) in [7, 11) is 2.00. The van der Waals surface area contributed by atoms with Crippen LogP contribution >= 0.6 is 0 Å². The molecule has 0 bridgehead atoms. The zero-order valence-corrected chi connectivity index (χ0v) is 10.1. The molecule has 0 aliphatic heterocycles. The molecule has 0 heterocycles. The number of halogens is 1. The van der Waals surface area contributed by atoms with Crippen LogP contribution in [0.15, 0.2) is 18.2 Å². The molecule has 3 nitrogen and oxygen atoms in total. The Bertz CT molecular complexity index is 373. The maximum Gasteiger partial charge on any atom is 0.127 e. The maximum absolute atomic E-state index is 13.1. The fourth-order valence-electron chi connectivity index (χ4n) is 2.34. The molecule has 1 fully saturated rings. The molecule has 1 aromatic rings. The van der Waals surface area contributed by atoms with Crippen molar-refractivity contribution < 1.29 is 9.50 Å². The molecule has 0 aromatic heterocycles. The number of phenolic OH excluding ortho intramolecular Hbond substituents is 1. The molecule has 0 amide bonds. The van der Waals surface area contributed by atoms with Crippen molar-refractivity contribution >= 4 is 0 Å². The summed E-state index contributed by atoms with van der Waals surface area (Å²) in [5.41, 5.74) is 6.54. The minimum Gasteiger partial charge on any atom is -0.508 e. The minimum absolute atomic E-state index is 0.0240. The lowest BCUT2D eigenvalue weighted by Gasteiger charge is -2.27. The summed E-state index contributed by atoms with van der Waals surface area (Å²) in [6.45, 7) is 1.24. The zero-order chi connectivity index (χ0) is 12.4. The van der Waals surface area contributed by atoms with E-state index in [0.29, 0.717) is 25.0 Å². The second-order valence-corrected chi connectivity index (χ2v) is 4.87. The number of benzene rings is 1. The van der Waals surface area contributed by atoms with Gasteiger partial charge in [0.2, 0.25) is 0 Å². The van der Waals surface area contributed by atoms with Crippen molar-refractivity contribution in [3.8, 4) is 5.75 Å². The molecule has 1 unspecified atom stereocenters. The number of hydrogen-bond acceptors (Lipinski definition) is 3. The third-order valence-electron chi connectivity index (χ3n) is 3.35. The molecule has 1 aromatic carbocycles. The molecule has 1 atom stereocenters. The highest BCUT2D eigenvalue weighted by molar-refractivity contribution is 5.28. The predicted octanol–water partition coefficient (Wildman–Crippen LogP) is 1.70. The Balaban J connectivity index is 2.03. The van der Waals surface area contributed by atoms with Crippen LogP contribution in [-0.2, 0) is 6.54 Å². The van der Waals surface area contributed by atoms with Crippen LogP contribution in [0.1, 0.15) is 18.4 Å². The van der Waals surface area contributed by atoms with Gasteiger partial charge in [-0.3, -0.25) is 4.90 Å². The van der Waals surface area contributed by atoms with Crippen LogP contribution in [-0.4, -0.2) is 29.6 Å². The van der Waals surface area contributed by atoms with E-state index < -0.39 is 5.82 Å².